The highest BCUT2D eigenvalue weighted by Crippen LogP contribution is 2.25. The maximum atomic E-state index is 9.49. The van der Waals surface area contributed by atoms with Crippen molar-refractivity contribution in [3.8, 4) is 11.1 Å². The number of aromatic nitrogens is 2. The number of hydroxylamine groups is 1. The van der Waals surface area contributed by atoms with Crippen molar-refractivity contribution in [2.45, 2.75) is 32.4 Å². The zero-order valence-corrected chi connectivity index (χ0v) is 17.2. The molecule has 1 saturated heterocycles. The smallest absolute Gasteiger partial charge is 0.213 e. The molecule has 0 amide bonds. The SMILES string of the molecule is CCCn1cc(-c2ccc3c(c2)CCN=C3C=C(NO)OCC2COCCO2)cn1. The number of nitrogens with one attached hydrogen (secondary N) is 1. The van der Waals surface area contributed by atoms with E-state index >= 15 is 0 Å². The van der Waals surface area contributed by atoms with E-state index in [1.807, 2.05) is 10.9 Å². The van der Waals surface area contributed by atoms with Gasteiger partial charge in [-0.05, 0) is 24.0 Å². The van der Waals surface area contributed by atoms with Crippen LogP contribution in [0.25, 0.3) is 11.1 Å². The highest BCUT2D eigenvalue weighted by Gasteiger charge is 2.18. The first-order chi connectivity index (χ1) is 14.8. The number of aliphatic imine (C=N–C) groups is 1. The average Bonchev–Trinajstić information content (AvgIpc) is 3.26. The van der Waals surface area contributed by atoms with Crippen molar-refractivity contribution in [2.24, 2.45) is 4.99 Å². The van der Waals surface area contributed by atoms with Crippen LogP contribution in [0.15, 0.2) is 47.5 Å². The Kier molecular flexibility index (Phi) is 6.78. The summed E-state index contributed by atoms with van der Waals surface area (Å²) in [6.07, 6.45) is 7.50. The Hall–Kier alpha value is -2.68. The Labute approximate surface area is 176 Å². The van der Waals surface area contributed by atoms with Gasteiger partial charge in [0.1, 0.15) is 12.7 Å². The number of hydrogen-bond acceptors (Lipinski definition) is 7. The van der Waals surface area contributed by atoms with Crippen LogP contribution in [0.5, 0.6) is 0 Å². The Morgan fingerprint density at radius 1 is 1.37 bits per heavy atom. The molecule has 2 N–H and O–H groups in total. The van der Waals surface area contributed by atoms with E-state index in [1.54, 1.807) is 6.08 Å². The molecular formula is C22H28N4O4. The van der Waals surface area contributed by atoms with Crippen LogP contribution < -0.4 is 5.48 Å². The summed E-state index contributed by atoms with van der Waals surface area (Å²) in [7, 11) is 0. The van der Waals surface area contributed by atoms with Gasteiger partial charge in [0, 0.05) is 36.5 Å². The molecule has 2 aromatic rings. The number of aryl methyl sites for hydroxylation is 1. The zero-order valence-electron chi connectivity index (χ0n) is 17.2. The Morgan fingerprint density at radius 3 is 3.10 bits per heavy atom. The third-order valence-corrected chi connectivity index (χ3v) is 5.15. The molecule has 0 spiro atoms. The predicted molar refractivity (Wildman–Crippen MR) is 113 cm³/mol. The van der Waals surface area contributed by atoms with E-state index in [0.717, 1.165) is 41.8 Å². The van der Waals surface area contributed by atoms with E-state index < -0.39 is 0 Å². The fourth-order valence-corrected chi connectivity index (χ4v) is 3.65. The van der Waals surface area contributed by atoms with Gasteiger partial charge in [0.25, 0.3) is 0 Å². The highest BCUT2D eigenvalue weighted by molar-refractivity contribution is 6.10. The van der Waals surface area contributed by atoms with Crippen molar-refractivity contribution in [2.75, 3.05) is 33.0 Å². The second kappa shape index (κ2) is 9.88. The first kappa shape index (κ1) is 20.6. The molecule has 0 saturated carbocycles. The second-order valence-electron chi connectivity index (χ2n) is 7.38. The van der Waals surface area contributed by atoms with E-state index in [0.29, 0.717) is 33.0 Å². The van der Waals surface area contributed by atoms with E-state index in [2.05, 4.69) is 46.9 Å². The monoisotopic (exact) mass is 412 g/mol. The molecule has 8 heteroatoms. The molecule has 1 atom stereocenters. The topological polar surface area (TPSA) is 90.1 Å². The first-order valence-corrected chi connectivity index (χ1v) is 10.4. The third kappa shape index (κ3) is 4.89. The Morgan fingerprint density at radius 2 is 2.30 bits per heavy atom. The van der Waals surface area contributed by atoms with E-state index in [-0.39, 0.29) is 12.0 Å². The van der Waals surface area contributed by atoms with Crippen LogP contribution in [-0.2, 0) is 27.2 Å². The molecule has 1 unspecified atom stereocenters. The van der Waals surface area contributed by atoms with Crippen molar-refractivity contribution in [1.82, 2.24) is 15.3 Å². The van der Waals surface area contributed by atoms with Gasteiger partial charge in [-0.1, -0.05) is 25.1 Å². The summed E-state index contributed by atoms with van der Waals surface area (Å²) in [6, 6.07) is 6.36. The molecule has 0 radical (unpaired) electrons. The molecule has 4 rings (SSSR count). The molecule has 3 heterocycles. The van der Waals surface area contributed by atoms with Gasteiger partial charge in [0.15, 0.2) is 0 Å². The summed E-state index contributed by atoms with van der Waals surface area (Å²) in [5.41, 5.74) is 7.42. The molecule has 1 fully saturated rings. The Bertz CT molecular complexity index is 916. The molecule has 1 aromatic carbocycles. The minimum absolute atomic E-state index is 0.146. The molecule has 160 valence electrons. The van der Waals surface area contributed by atoms with Crippen LogP contribution in [0, 0.1) is 0 Å². The van der Waals surface area contributed by atoms with Gasteiger partial charge in [-0.3, -0.25) is 14.9 Å². The number of rotatable bonds is 8. The van der Waals surface area contributed by atoms with Gasteiger partial charge < -0.3 is 14.2 Å². The minimum atomic E-state index is -0.146. The lowest BCUT2D eigenvalue weighted by Gasteiger charge is -2.23. The van der Waals surface area contributed by atoms with Crippen LogP contribution in [0.1, 0.15) is 24.5 Å². The zero-order chi connectivity index (χ0) is 20.8. The number of fused-ring (bicyclic) bond motifs is 1. The van der Waals surface area contributed by atoms with Crippen molar-refractivity contribution >= 4 is 5.71 Å². The van der Waals surface area contributed by atoms with E-state index in [4.69, 9.17) is 14.2 Å². The van der Waals surface area contributed by atoms with Crippen LogP contribution in [0.4, 0.5) is 0 Å². The fraction of sp³-hybridized carbons (Fsp3) is 0.455. The molecule has 2 aliphatic rings. The van der Waals surface area contributed by atoms with Crippen LogP contribution in [0.3, 0.4) is 0 Å². The van der Waals surface area contributed by atoms with Crippen LogP contribution in [0.2, 0.25) is 0 Å². The van der Waals surface area contributed by atoms with Crippen molar-refractivity contribution in [1.29, 1.82) is 0 Å². The van der Waals surface area contributed by atoms with Gasteiger partial charge >= 0.3 is 0 Å². The molecule has 30 heavy (non-hydrogen) atoms. The van der Waals surface area contributed by atoms with Crippen molar-refractivity contribution in [3.63, 3.8) is 0 Å². The van der Waals surface area contributed by atoms with Gasteiger partial charge in [-0.15, -0.1) is 0 Å². The summed E-state index contributed by atoms with van der Waals surface area (Å²) in [6.45, 7) is 5.69. The van der Waals surface area contributed by atoms with Crippen molar-refractivity contribution in [3.05, 3.63) is 53.7 Å². The number of benzene rings is 1. The number of allylic oxidation sites excluding steroid dienone is 1. The van der Waals surface area contributed by atoms with E-state index in [1.165, 1.54) is 5.56 Å². The van der Waals surface area contributed by atoms with E-state index in [9.17, 15) is 5.21 Å². The standard InChI is InChI=1S/C22H28N4O4/c1-2-7-26-13-18(12-24-26)16-3-4-20-17(10-16)5-6-23-21(20)11-22(25-27)30-15-19-14-28-8-9-29-19/h3-4,10-13,19,25,27H,2,5-9,14-15H2,1H3. The van der Waals surface area contributed by atoms with Crippen molar-refractivity contribution < 1.29 is 19.4 Å². The summed E-state index contributed by atoms with van der Waals surface area (Å²) in [4.78, 5) is 4.62. The third-order valence-electron chi connectivity index (χ3n) is 5.15. The largest absolute Gasteiger partial charge is 0.475 e. The second-order valence-corrected chi connectivity index (χ2v) is 7.38. The van der Waals surface area contributed by atoms with Crippen LogP contribution in [-0.4, -0.2) is 59.8 Å². The molecule has 1 aromatic heterocycles. The minimum Gasteiger partial charge on any atom is -0.475 e. The molecule has 0 aliphatic carbocycles. The lowest BCUT2D eigenvalue weighted by Crippen LogP contribution is -2.33. The molecule has 2 aliphatic heterocycles. The van der Waals surface area contributed by atoms with Gasteiger partial charge in [0.05, 0.1) is 31.7 Å². The highest BCUT2D eigenvalue weighted by atomic mass is 16.6. The quantitative estimate of drug-likeness (QED) is 0.512. The molecule has 8 nitrogen and oxygen atoms in total. The number of nitrogens with zero attached hydrogens (tertiary/aromatic N) is 3. The summed E-state index contributed by atoms with van der Waals surface area (Å²) in [5, 5.41) is 13.9. The molecule has 0 bridgehead atoms. The molecular weight excluding hydrogens is 384 g/mol. The van der Waals surface area contributed by atoms with Gasteiger partial charge in [0.2, 0.25) is 5.88 Å². The predicted octanol–water partition coefficient (Wildman–Crippen LogP) is 2.56. The maximum absolute atomic E-state index is 9.49. The van der Waals surface area contributed by atoms with Gasteiger partial charge in [-0.25, -0.2) is 5.48 Å². The lowest BCUT2D eigenvalue weighted by atomic mass is 9.94. The maximum Gasteiger partial charge on any atom is 0.213 e. The summed E-state index contributed by atoms with van der Waals surface area (Å²) >= 11 is 0. The normalized spacial score (nSPS) is 19.2. The number of hydrogen-bond donors (Lipinski definition) is 2. The Balaban J connectivity index is 1.49. The summed E-state index contributed by atoms with van der Waals surface area (Å²) < 4.78 is 18.6. The number of ether oxygens (including phenoxy) is 3. The van der Waals surface area contributed by atoms with Crippen LogP contribution >= 0.6 is 0 Å². The average molecular weight is 412 g/mol. The fourth-order valence-electron chi connectivity index (χ4n) is 3.65. The lowest BCUT2D eigenvalue weighted by molar-refractivity contribution is -0.112. The summed E-state index contributed by atoms with van der Waals surface area (Å²) in [5.74, 6) is 0.237. The first-order valence-electron chi connectivity index (χ1n) is 10.4. The van der Waals surface area contributed by atoms with Gasteiger partial charge in [-0.2, -0.15) is 5.10 Å².